The van der Waals surface area contributed by atoms with Crippen LogP contribution in [-0.2, 0) is 21.2 Å². The largest absolute Gasteiger partial charge is 0.493 e. The minimum Gasteiger partial charge on any atom is -0.493 e. The van der Waals surface area contributed by atoms with Crippen LogP contribution in [0.3, 0.4) is 0 Å². The molecule has 0 saturated heterocycles. The van der Waals surface area contributed by atoms with E-state index in [0.29, 0.717) is 31.1 Å². The quantitative estimate of drug-likeness (QED) is 0.572. The molecule has 0 spiro atoms. The minimum absolute atomic E-state index is 0.107. The number of nitrogens with one attached hydrogen (secondary N) is 1. The molecule has 1 aliphatic heterocycles. The number of ether oxygens (including phenoxy) is 2. The van der Waals surface area contributed by atoms with Crippen LogP contribution in [0.2, 0.25) is 0 Å². The van der Waals surface area contributed by atoms with Crippen LogP contribution in [0.1, 0.15) is 38.8 Å². The number of carbonyl (C=O) groups excluding carboxylic acids is 1. The summed E-state index contributed by atoms with van der Waals surface area (Å²) in [6.45, 7) is 8.70. The summed E-state index contributed by atoms with van der Waals surface area (Å²) in [5.41, 5.74) is 2.32. The molecule has 32 heavy (non-hydrogen) atoms. The fourth-order valence-corrected chi connectivity index (χ4v) is 4.98. The molecule has 0 atom stereocenters. The Morgan fingerprint density at radius 2 is 1.94 bits per heavy atom. The highest BCUT2D eigenvalue weighted by atomic mass is 32.2. The summed E-state index contributed by atoms with van der Waals surface area (Å²) in [5.74, 6) is 0.913. The highest BCUT2D eigenvalue weighted by molar-refractivity contribution is 7.89. The van der Waals surface area contributed by atoms with Gasteiger partial charge in [0.25, 0.3) is 0 Å². The zero-order valence-corrected chi connectivity index (χ0v) is 19.7. The Morgan fingerprint density at radius 1 is 1.19 bits per heavy atom. The van der Waals surface area contributed by atoms with Gasteiger partial charge in [-0.3, -0.25) is 4.79 Å². The molecule has 1 heterocycles. The SMILES string of the molecule is CCN(CC)S(=O)(=O)c1ccc(OC(C)C)c(NC(=O)/C=C/c2ccc3c(c2)CCO3)c1. The van der Waals surface area contributed by atoms with E-state index < -0.39 is 10.0 Å². The van der Waals surface area contributed by atoms with E-state index in [1.807, 2.05) is 32.0 Å². The van der Waals surface area contributed by atoms with Gasteiger partial charge >= 0.3 is 0 Å². The molecule has 0 aliphatic carbocycles. The number of hydrogen-bond acceptors (Lipinski definition) is 5. The zero-order chi connectivity index (χ0) is 23.3. The van der Waals surface area contributed by atoms with Crippen LogP contribution >= 0.6 is 0 Å². The van der Waals surface area contributed by atoms with E-state index in [9.17, 15) is 13.2 Å². The fraction of sp³-hybridized carbons (Fsp3) is 0.375. The van der Waals surface area contributed by atoms with E-state index in [1.165, 1.54) is 22.5 Å². The standard InChI is InChI=1S/C24H30N2O5S/c1-5-26(6-2)32(28,29)20-9-11-23(31-17(3)4)21(16-20)25-24(27)12-8-18-7-10-22-19(15-18)13-14-30-22/h7-12,15-17H,5-6,13-14H2,1-4H3,(H,25,27)/b12-8+. The van der Waals surface area contributed by atoms with E-state index in [4.69, 9.17) is 9.47 Å². The average molecular weight is 459 g/mol. The molecule has 0 radical (unpaired) electrons. The number of hydrogen-bond donors (Lipinski definition) is 1. The van der Waals surface area contributed by atoms with Crippen molar-refractivity contribution >= 4 is 27.7 Å². The topological polar surface area (TPSA) is 84.9 Å². The molecule has 1 N–H and O–H groups in total. The van der Waals surface area contributed by atoms with Crippen LogP contribution in [0.4, 0.5) is 5.69 Å². The molecule has 8 heteroatoms. The second-order valence-corrected chi connectivity index (χ2v) is 9.64. The van der Waals surface area contributed by atoms with Crippen molar-refractivity contribution in [2.24, 2.45) is 0 Å². The van der Waals surface area contributed by atoms with Crippen molar-refractivity contribution in [2.75, 3.05) is 25.0 Å². The van der Waals surface area contributed by atoms with E-state index in [-0.39, 0.29) is 16.9 Å². The number of amides is 1. The smallest absolute Gasteiger partial charge is 0.248 e. The average Bonchev–Trinajstić information content (AvgIpc) is 3.21. The number of sulfonamides is 1. The molecule has 3 rings (SSSR count). The third-order valence-corrected chi connectivity index (χ3v) is 7.10. The van der Waals surface area contributed by atoms with Gasteiger partial charge in [-0.1, -0.05) is 19.9 Å². The molecule has 2 aromatic carbocycles. The van der Waals surface area contributed by atoms with Crippen molar-refractivity contribution in [3.05, 3.63) is 53.6 Å². The van der Waals surface area contributed by atoms with E-state index in [2.05, 4.69) is 5.32 Å². The van der Waals surface area contributed by atoms with Crippen molar-refractivity contribution in [3.8, 4) is 11.5 Å². The molecule has 2 aromatic rings. The Kier molecular flexibility index (Phi) is 7.58. The first-order chi connectivity index (χ1) is 15.2. The number of benzene rings is 2. The summed E-state index contributed by atoms with van der Waals surface area (Å²) in [5, 5.41) is 2.77. The number of anilines is 1. The van der Waals surface area contributed by atoms with Gasteiger partial charge in [0.15, 0.2) is 0 Å². The van der Waals surface area contributed by atoms with Gasteiger partial charge in [-0.2, -0.15) is 4.31 Å². The van der Waals surface area contributed by atoms with Gasteiger partial charge in [0.05, 0.1) is 23.3 Å². The summed E-state index contributed by atoms with van der Waals surface area (Å²) >= 11 is 0. The van der Waals surface area contributed by atoms with Crippen molar-refractivity contribution in [2.45, 2.75) is 45.1 Å². The minimum atomic E-state index is -3.67. The number of fused-ring (bicyclic) bond motifs is 1. The lowest BCUT2D eigenvalue weighted by molar-refractivity contribution is -0.111. The van der Waals surface area contributed by atoms with Crippen LogP contribution in [0.5, 0.6) is 11.5 Å². The van der Waals surface area contributed by atoms with Gasteiger partial charge in [-0.05, 0) is 61.4 Å². The molecule has 172 valence electrons. The second kappa shape index (κ2) is 10.2. The normalized spacial score (nSPS) is 13.4. The van der Waals surface area contributed by atoms with Crippen LogP contribution in [0, 0.1) is 0 Å². The molecule has 0 unspecified atom stereocenters. The third-order valence-electron chi connectivity index (χ3n) is 5.06. The Hall–Kier alpha value is -2.84. The van der Waals surface area contributed by atoms with E-state index >= 15 is 0 Å². The second-order valence-electron chi connectivity index (χ2n) is 7.70. The maximum absolute atomic E-state index is 12.9. The van der Waals surface area contributed by atoms with E-state index in [0.717, 1.165) is 23.3 Å². The molecular weight excluding hydrogens is 428 g/mol. The molecule has 1 aliphatic rings. The summed E-state index contributed by atoms with van der Waals surface area (Å²) in [6.07, 6.45) is 3.85. The van der Waals surface area contributed by atoms with Crippen LogP contribution in [0.15, 0.2) is 47.4 Å². The Balaban J connectivity index is 1.84. The predicted octanol–water partition coefficient (Wildman–Crippen LogP) is 4.09. The van der Waals surface area contributed by atoms with Gasteiger partial charge < -0.3 is 14.8 Å². The number of carbonyl (C=O) groups is 1. The van der Waals surface area contributed by atoms with Gasteiger partial charge in [0.2, 0.25) is 15.9 Å². The van der Waals surface area contributed by atoms with Crippen molar-refractivity contribution in [1.82, 2.24) is 4.31 Å². The zero-order valence-electron chi connectivity index (χ0n) is 18.9. The summed E-state index contributed by atoms with van der Waals surface area (Å²) in [7, 11) is -3.67. The lowest BCUT2D eigenvalue weighted by Crippen LogP contribution is -2.30. The van der Waals surface area contributed by atoms with Crippen LogP contribution in [0.25, 0.3) is 6.08 Å². The maximum Gasteiger partial charge on any atom is 0.248 e. The first kappa shape index (κ1) is 23.8. The molecule has 1 amide bonds. The highest BCUT2D eigenvalue weighted by Gasteiger charge is 2.23. The molecule has 7 nitrogen and oxygen atoms in total. The van der Waals surface area contributed by atoms with Gasteiger partial charge in [-0.15, -0.1) is 0 Å². The van der Waals surface area contributed by atoms with Gasteiger partial charge in [0, 0.05) is 25.6 Å². The Morgan fingerprint density at radius 3 is 2.62 bits per heavy atom. The highest BCUT2D eigenvalue weighted by Crippen LogP contribution is 2.30. The Bertz CT molecular complexity index is 1110. The van der Waals surface area contributed by atoms with E-state index in [1.54, 1.807) is 26.0 Å². The first-order valence-corrected chi connectivity index (χ1v) is 12.2. The summed E-state index contributed by atoms with van der Waals surface area (Å²) < 4.78 is 38.5. The molecule has 0 bridgehead atoms. The molecular formula is C24H30N2O5S. The van der Waals surface area contributed by atoms with Crippen molar-refractivity contribution in [1.29, 1.82) is 0 Å². The molecule has 0 saturated carbocycles. The third kappa shape index (κ3) is 5.49. The van der Waals surface area contributed by atoms with Gasteiger partial charge in [0.1, 0.15) is 11.5 Å². The summed E-state index contributed by atoms with van der Waals surface area (Å²) in [4.78, 5) is 12.7. The molecule has 0 aromatic heterocycles. The van der Waals surface area contributed by atoms with Crippen molar-refractivity contribution < 1.29 is 22.7 Å². The van der Waals surface area contributed by atoms with Crippen molar-refractivity contribution in [3.63, 3.8) is 0 Å². The van der Waals surface area contributed by atoms with Crippen LogP contribution in [-0.4, -0.2) is 44.4 Å². The Labute approximate surface area is 190 Å². The lowest BCUT2D eigenvalue weighted by atomic mass is 10.1. The number of rotatable bonds is 9. The first-order valence-electron chi connectivity index (χ1n) is 10.8. The van der Waals surface area contributed by atoms with Gasteiger partial charge in [-0.25, -0.2) is 8.42 Å². The predicted molar refractivity (Wildman–Crippen MR) is 126 cm³/mol. The van der Waals surface area contributed by atoms with Crippen LogP contribution < -0.4 is 14.8 Å². The fourth-order valence-electron chi connectivity index (χ4n) is 3.49. The maximum atomic E-state index is 12.9. The number of nitrogens with zero attached hydrogens (tertiary/aromatic N) is 1. The summed E-state index contributed by atoms with van der Waals surface area (Å²) in [6, 6.07) is 10.3. The molecule has 0 fully saturated rings. The monoisotopic (exact) mass is 458 g/mol. The lowest BCUT2D eigenvalue weighted by Gasteiger charge is -2.20.